The number of carbonyl (C=O) groups is 1. The molecule has 0 unspecified atom stereocenters. The van der Waals surface area contributed by atoms with Crippen LogP contribution in [0.4, 0.5) is 0 Å². The fourth-order valence-electron chi connectivity index (χ4n) is 1.23. The monoisotopic (exact) mass is 204 g/mol. The molecule has 5 nitrogen and oxygen atoms in total. The van der Waals surface area contributed by atoms with Gasteiger partial charge in [-0.15, -0.1) is 0 Å². The van der Waals surface area contributed by atoms with Gasteiger partial charge in [0.2, 0.25) is 11.8 Å². The number of hydrogen-bond acceptors (Lipinski definition) is 5. The van der Waals surface area contributed by atoms with Crippen LogP contribution >= 0.6 is 0 Å². The van der Waals surface area contributed by atoms with Gasteiger partial charge in [0.15, 0.2) is 0 Å². The largest absolute Gasteiger partial charge is 0.493 e. The number of rotatable bonds is 1. The van der Waals surface area contributed by atoms with E-state index in [-0.39, 0.29) is 11.8 Å². The molecule has 0 fully saturated rings. The Balaban J connectivity index is 2.57. The van der Waals surface area contributed by atoms with E-state index in [1.807, 2.05) is 0 Å². The number of aromatic hydroxyl groups is 1. The molecule has 15 heavy (non-hydrogen) atoms. The first kappa shape index (κ1) is 9.39. The molecule has 0 amide bonds. The Hall–Kier alpha value is -2.17. The number of fused-ring (bicyclic) bond motifs is 1. The Labute approximate surface area is 85.4 Å². The van der Waals surface area contributed by atoms with Gasteiger partial charge in [0.05, 0.1) is 10.9 Å². The van der Waals surface area contributed by atoms with E-state index in [9.17, 15) is 9.90 Å². The van der Waals surface area contributed by atoms with Gasteiger partial charge in [-0.3, -0.25) is 9.78 Å². The minimum absolute atomic E-state index is 0.0474. The average molecular weight is 204 g/mol. The minimum Gasteiger partial charge on any atom is -0.493 e. The van der Waals surface area contributed by atoms with Crippen LogP contribution in [0.15, 0.2) is 24.4 Å². The van der Waals surface area contributed by atoms with Gasteiger partial charge in [-0.05, 0) is 12.1 Å². The number of aromatic nitrogens is 2. The highest BCUT2D eigenvalue weighted by molar-refractivity contribution is 5.84. The van der Waals surface area contributed by atoms with E-state index in [1.54, 1.807) is 18.3 Å². The molecule has 0 aliphatic carbocycles. The van der Waals surface area contributed by atoms with Gasteiger partial charge in [-0.2, -0.15) is 4.98 Å². The Morgan fingerprint density at radius 1 is 1.53 bits per heavy atom. The molecule has 2 aromatic heterocycles. The average Bonchev–Trinajstić information content (AvgIpc) is 2.16. The van der Waals surface area contributed by atoms with Crippen molar-refractivity contribution in [3.63, 3.8) is 0 Å². The van der Waals surface area contributed by atoms with E-state index in [0.29, 0.717) is 10.9 Å². The van der Waals surface area contributed by atoms with E-state index in [0.717, 1.165) is 0 Å². The molecule has 2 rings (SSSR count). The molecule has 0 radical (unpaired) electrons. The molecule has 1 N–H and O–H groups in total. The van der Waals surface area contributed by atoms with Crippen molar-refractivity contribution >= 4 is 16.9 Å². The van der Waals surface area contributed by atoms with Crippen LogP contribution in [0.1, 0.15) is 6.92 Å². The van der Waals surface area contributed by atoms with Gasteiger partial charge in [0.25, 0.3) is 0 Å². The van der Waals surface area contributed by atoms with Crippen molar-refractivity contribution < 1.29 is 14.6 Å². The Morgan fingerprint density at radius 3 is 3.07 bits per heavy atom. The first-order valence-electron chi connectivity index (χ1n) is 4.30. The van der Waals surface area contributed by atoms with Crippen molar-refractivity contribution in [1.29, 1.82) is 0 Å². The van der Waals surface area contributed by atoms with Crippen molar-refractivity contribution in [2.24, 2.45) is 0 Å². The second-order valence-electron chi connectivity index (χ2n) is 2.95. The highest BCUT2D eigenvalue weighted by atomic mass is 16.5. The van der Waals surface area contributed by atoms with E-state index in [2.05, 4.69) is 9.97 Å². The summed E-state index contributed by atoms with van der Waals surface area (Å²) in [5.41, 5.74) is 0.529. The zero-order valence-electron chi connectivity index (χ0n) is 7.97. The van der Waals surface area contributed by atoms with Crippen molar-refractivity contribution in [3.8, 4) is 11.8 Å². The number of nitrogens with zero attached hydrogens (tertiary/aromatic N) is 2. The summed E-state index contributed by atoms with van der Waals surface area (Å²) in [7, 11) is 0. The zero-order chi connectivity index (χ0) is 10.8. The summed E-state index contributed by atoms with van der Waals surface area (Å²) in [5.74, 6) is -0.639. The third-order valence-electron chi connectivity index (χ3n) is 1.80. The number of pyridine rings is 2. The predicted molar refractivity (Wildman–Crippen MR) is 52.5 cm³/mol. The van der Waals surface area contributed by atoms with E-state index in [1.165, 1.54) is 13.0 Å². The van der Waals surface area contributed by atoms with Gasteiger partial charge in [0.1, 0.15) is 0 Å². The highest BCUT2D eigenvalue weighted by Crippen LogP contribution is 2.24. The molecule has 5 heteroatoms. The van der Waals surface area contributed by atoms with Crippen LogP contribution in [0.5, 0.6) is 11.8 Å². The Kier molecular flexibility index (Phi) is 2.21. The van der Waals surface area contributed by atoms with Gasteiger partial charge < -0.3 is 9.84 Å². The number of hydrogen-bond donors (Lipinski definition) is 1. The third kappa shape index (κ3) is 1.85. The zero-order valence-corrected chi connectivity index (χ0v) is 7.97. The predicted octanol–water partition coefficient (Wildman–Crippen LogP) is 1.26. The van der Waals surface area contributed by atoms with Crippen LogP contribution in [0.25, 0.3) is 10.9 Å². The van der Waals surface area contributed by atoms with Crippen molar-refractivity contribution in [2.45, 2.75) is 6.92 Å². The normalized spacial score (nSPS) is 10.2. The molecule has 0 saturated heterocycles. The quantitative estimate of drug-likeness (QED) is 0.708. The van der Waals surface area contributed by atoms with Crippen molar-refractivity contribution in [3.05, 3.63) is 24.4 Å². The Morgan fingerprint density at radius 2 is 2.33 bits per heavy atom. The lowest BCUT2D eigenvalue weighted by molar-refractivity contribution is -0.132. The number of esters is 1. The van der Waals surface area contributed by atoms with Crippen molar-refractivity contribution in [1.82, 2.24) is 9.97 Å². The summed E-state index contributed by atoms with van der Waals surface area (Å²) in [4.78, 5) is 18.4. The summed E-state index contributed by atoms with van der Waals surface area (Å²) in [6, 6.07) is 4.87. The molecule has 0 saturated carbocycles. The Bertz CT molecular complexity index is 525. The standard InChI is InChI=1S/C10H8N2O3/c1-6(13)15-9-5-8-7(10(14)12-9)3-2-4-11-8/h2-5H,1H3,(H,12,14). The topological polar surface area (TPSA) is 72.3 Å². The third-order valence-corrected chi connectivity index (χ3v) is 1.80. The van der Waals surface area contributed by atoms with Crippen LogP contribution in [0.2, 0.25) is 0 Å². The maximum atomic E-state index is 10.7. The molecule has 76 valence electrons. The minimum atomic E-state index is -0.489. The molecular formula is C10H8N2O3. The summed E-state index contributed by atoms with van der Waals surface area (Å²) >= 11 is 0. The lowest BCUT2D eigenvalue weighted by Crippen LogP contribution is -2.03. The molecule has 0 bridgehead atoms. The summed E-state index contributed by atoms with van der Waals surface area (Å²) in [5, 5.41) is 10.0. The van der Waals surface area contributed by atoms with Crippen molar-refractivity contribution in [2.75, 3.05) is 0 Å². The SMILES string of the molecule is CC(=O)Oc1cc2ncccc2c(O)n1. The van der Waals surface area contributed by atoms with Crippen LogP contribution < -0.4 is 4.74 Å². The van der Waals surface area contributed by atoms with Crippen LogP contribution in [-0.2, 0) is 4.79 Å². The lowest BCUT2D eigenvalue weighted by Gasteiger charge is -2.03. The van der Waals surface area contributed by atoms with Crippen LogP contribution in [0.3, 0.4) is 0 Å². The molecular weight excluding hydrogens is 196 g/mol. The van der Waals surface area contributed by atoms with E-state index in [4.69, 9.17) is 4.74 Å². The maximum absolute atomic E-state index is 10.7. The molecule has 0 aliphatic rings. The summed E-state index contributed by atoms with van der Waals surface area (Å²) in [6.45, 7) is 1.27. The fraction of sp³-hybridized carbons (Fsp3) is 0.100. The van der Waals surface area contributed by atoms with Gasteiger partial charge >= 0.3 is 5.97 Å². The fourth-order valence-corrected chi connectivity index (χ4v) is 1.23. The van der Waals surface area contributed by atoms with E-state index < -0.39 is 5.97 Å². The smallest absolute Gasteiger partial charge is 0.309 e. The first-order chi connectivity index (χ1) is 7.16. The first-order valence-corrected chi connectivity index (χ1v) is 4.30. The highest BCUT2D eigenvalue weighted by Gasteiger charge is 2.07. The van der Waals surface area contributed by atoms with Gasteiger partial charge in [-0.25, -0.2) is 0 Å². The molecule has 0 spiro atoms. The molecule has 0 aromatic carbocycles. The number of ether oxygens (including phenoxy) is 1. The lowest BCUT2D eigenvalue weighted by atomic mass is 10.2. The number of carbonyl (C=O) groups excluding carboxylic acids is 1. The molecule has 0 aliphatic heterocycles. The van der Waals surface area contributed by atoms with Crippen LogP contribution in [-0.4, -0.2) is 21.0 Å². The molecule has 2 aromatic rings. The molecule has 2 heterocycles. The van der Waals surface area contributed by atoms with Crippen LogP contribution in [0, 0.1) is 0 Å². The second-order valence-corrected chi connectivity index (χ2v) is 2.95. The van der Waals surface area contributed by atoms with Gasteiger partial charge in [-0.1, -0.05) is 0 Å². The maximum Gasteiger partial charge on any atom is 0.309 e. The summed E-state index contributed by atoms with van der Waals surface area (Å²) < 4.78 is 4.75. The van der Waals surface area contributed by atoms with Gasteiger partial charge in [0, 0.05) is 19.2 Å². The van der Waals surface area contributed by atoms with E-state index >= 15 is 0 Å². The molecule has 0 atom stereocenters. The summed E-state index contributed by atoms with van der Waals surface area (Å²) in [6.07, 6.45) is 1.58. The second kappa shape index (κ2) is 3.53.